The van der Waals surface area contributed by atoms with Gasteiger partial charge in [-0.3, -0.25) is 19.1 Å². The molecule has 2 atom stereocenters. The zero-order chi connectivity index (χ0) is 26.3. The van der Waals surface area contributed by atoms with Crippen LogP contribution in [0.5, 0.6) is 0 Å². The number of nitrogens with zero attached hydrogens (tertiary/aromatic N) is 6. The fourth-order valence-electron chi connectivity index (χ4n) is 4.31. The summed E-state index contributed by atoms with van der Waals surface area (Å²) >= 11 is 6.93. The topological polar surface area (TPSA) is 123 Å². The Bertz CT molecular complexity index is 1520. The average molecular weight is 542 g/mol. The summed E-state index contributed by atoms with van der Waals surface area (Å²) in [4.78, 5) is 52.0. The number of aromatic nitrogens is 5. The number of alkyl halides is 1. The molecule has 1 saturated heterocycles. The number of rotatable bonds is 6. The second-order valence-corrected chi connectivity index (χ2v) is 9.92. The molecular formula is C24H21ClFN7O3S. The molecule has 37 heavy (non-hydrogen) atoms. The van der Waals surface area contributed by atoms with Gasteiger partial charge in [0.15, 0.2) is 10.9 Å². The lowest BCUT2D eigenvalue weighted by atomic mass is 10.0. The Labute approximate surface area is 219 Å². The van der Waals surface area contributed by atoms with Crippen molar-refractivity contribution < 1.29 is 18.8 Å². The molecule has 0 bridgehead atoms. The molecule has 0 saturated carbocycles. The molecule has 1 N–H and O–H groups in total. The zero-order valence-electron chi connectivity index (χ0n) is 19.8. The van der Waals surface area contributed by atoms with Crippen LogP contribution in [0, 0.1) is 6.92 Å². The number of aryl methyl sites for hydroxylation is 1. The van der Waals surface area contributed by atoms with E-state index in [1.807, 2.05) is 6.07 Å². The summed E-state index contributed by atoms with van der Waals surface area (Å²) in [5.74, 6) is -0.662. The lowest BCUT2D eigenvalue weighted by molar-refractivity contribution is -0.137. The summed E-state index contributed by atoms with van der Waals surface area (Å²) < 4.78 is 15.7. The van der Waals surface area contributed by atoms with E-state index in [-0.39, 0.29) is 41.3 Å². The molecule has 0 spiro atoms. The summed E-state index contributed by atoms with van der Waals surface area (Å²) in [6.07, 6.45) is 1.91. The number of nitrogens with one attached hydrogen (secondary N) is 1. The number of ketones is 1. The Morgan fingerprint density at radius 1 is 1.22 bits per heavy atom. The van der Waals surface area contributed by atoms with Gasteiger partial charge in [-0.15, -0.1) is 11.3 Å². The first kappa shape index (κ1) is 24.9. The summed E-state index contributed by atoms with van der Waals surface area (Å²) in [7, 11) is 0. The average Bonchev–Trinajstić information content (AvgIpc) is 3.56. The van der Waals surface area contributed by atoms with E-state index in [1.54, 1.807) is 36.8 Å². The molecular weight excluding hydrogens is 521 g/mol. The largest absolute Gasteiger partial charge is 0.326 e. The van der Waals surface area contributed by atoms with Crippen LogP contribution in [0.15, 0.2) is 36.0 Å². The maximum Gasteiger partial charge on any atom is 0.249 e. The van der Waals surface area contributed by atoms with Gasteiger partial charge in [0, 0.05) is 42.1 Å². The Morgan fingerprint density at radius 3 is 2.65 bits per heavy atom. The van der Waals surface area contributed by atoms with E-state index in [1.165, 1.54) is 16.5 Å². The summed E-state index contributed by atoms with van der Waals surface area (Å²) in [6, 6.07) is 4.38. The highest BCUT2D eigenvalue weighted by molar-refractivity contribution is 7.14. The van der Waals surface area contributed by atoms with Gasteiger partial charge >= 0.3 is 0 Å². The predicted octanol–water partition coefficient (Wildman–Crippen LogP) is 3.69. The van der Waals surface area contributed by atoms with E-state index in [0.717, 1.165) is 22.5 Å². The van der Waals surface area contributed by atoms with Gasteiger partial charge in [-0.25, -0.2) is 19.3 Å². The van der Waals surface area contributed by atoms with Crippen LogP contribution in [0.1, 0.15) is 29.7 Å². The van der Waals surface area contributed by atoms with Gasteiger partial charge in [0.1, 0.15) is 35.4 Å². The number of hydrogen-bond acceptors (Lipinski definition) is 8. The van der Waals surface area contributed by atoms with Gasteiger partial charge in [0.25, 0.3) is 0 Å². The van der Waals surface area contributed by atoms with Crippen molar-refractivity contribution in [2.75, 3.05) is 11.9 Å². The molecule has 3 aromatic heterocycles. The van der Waals surface area contributed by atoms with E-state index in [0.29, 0.717) is 16.7 Å². The van der Waals surface area contributed by atoms with Crippen molar-refractivity contribution >= 4 is 56.6 Å². The number of benzene rings is 1. The number of Topliss-reactive ketones (excluding diaryl/α,β-unsaturated/α-hetero) is 1. The first-order chi connectivity index (χ1) is 17.7. The number of fused-ring (bicyclic) bond motifs is 1. The van der Waals surface area contributed by atoms with E-state index in [4.69, 9.17) is 11.6 Å². The second-order valence-electron chi connectivity index (χ2n) is 8.67. The van der Waals surface area contributed by atoms with Crippen molar-refractivity contribution in [2.45, 2.75) is 39.0 Å². The summed E-state index contributed by atoms with van der Waals surface area (Å²) in [6.45, 7) is 2.70. The molecule has 4 aromatic rings. The number of carbonyl (C=O) groups excluding carboxylic acids is 3. The van der Waals surface area contributed by atoms with E-state index < -0.39 is 24.0 Å². The van der Waals surface area contributed by atoms with Gasteiger partial charge in [-0.1, -0.05) is 17.7 Å². The number of amides is 2. The first-order valence-corrected chi connectivity index (χ1v) is 12.6. The summed E-state index contributed by atoms with van der Waals surface area (Å²) in [5.41, 5.74) is 2.33. The maximum absolute atomic E-state index is 14.3. The highest BCUT2D eigenvalue weighted by atomic mass is 35.5. The van der Waals surface area contributed by atoms with Crippen LogP contribution >= 0.6 is 22.9 Å². The minimum Gasteiger partial charge on any atom is -0.326 e. The van der Waals surface area contributed by atoms with Crippen LogP contribution in [0.25, 0.3) is 22.0 Å². The third-order valence-corrected chi connectivity index (χ3v) is 7.14. The fourth-order valence-corrected chi connectivity index (χ4v) is 5.15. The van der Waals surface area contributed by atoms with Gasteiger partial charge in [-0.05, 0) is 24.6 Å². The third kappa shape index (κ3) is 5.07. The molecule has 5 rings (SSSR count). The van der Waals surface area contributed by atoms with Crippen molar-refractivity contribution in [2.24, 2.45) is 0 Å². The lowest BCUT2D eigenvalue weighted by Gasteiger charge is -2.23. The highest BCUT2D eigenvalue weighted by Crippen LogP contribution is 2.28. The molecule has 1 aliphatic rings. The number of thiazole rings is 1. The monoisotopic (exact) mass is 541 g/mol. The van der Waals surface area contributed by atoms with Crippen molar-refractivity contribution in [3.63, 3.8) is 0 Å². The Morgan fingerprint density at radius 2 is 1.97 bits per heavy atom. The molecule has 13 heteroatoms. The molecule has 0 unspecified atom stereocenters. The zero-order valence-corrected chi connectivity index (χ0v) is 21.4. The highest BCUT2D eigenvalue weighted by Gasteiger charge is 2.40. The Balaban J connectivity index is 1.41. The molecule has 1 aromatic carbocycles. The molecule has 190 valence electrons. The minimum absolute atomic E-state index is 0.128. The van der Waals surface area contributed by atoms with Gasteiger partial charge in [0.05, 0.1) is 12.1 Å². The number of carbonyl (C=O) groups is 3. The third-order valence-electron chi connectivity index (χ3n) is 6.06. The Hall–Kier alpha value is -3.77. The van der Waals surface area contributed by atoms with Crippen LogP contribution in [0.2, 0.25) is 5.15 Å². The molecule has 0 aliphatic carbocycles. The molecule has 4 heterocycles. The smallest absolute Gasteiger partial charge is 0.249 e. The van der Waals surface area contributed by atoms with Gasteiger partial charge in [0.2, 0.25) is 11.8 Å². The Kier molecular flexibility index (Phi) is 6.69. The molecule has 10 nitrogen and oxygen atoms in total. The number of halogens is 2. The minimum atomic E-state index is -1.35. The van der Waals surface area contributed by atoms with Crippen molar-refractivity contribution in [1.29, 1.82) is 0 Å². The van der Waals surface area contributed by atoms with E-state index >= 15 is 0 Å². The first-order valence-electron chi connectivity index (χ1n) is 11.4. The van der Waals surface area contributed by atoms with Crippen molar-refractivity contribution in [1.82, 2.24) is 29.6 Å². The van der Waals surface area contributed by atoms with Crippen molar-refractivity contribution in [3.8, 4) is 11.1 Å². The normalized spacial score (nSPS) is 17.4. The van der Waals surface area contributed by atoms with Crippen LogP contribution in [0.3, 0.4) is 0 Å². The van der Waals surface area contributed by atoms with Crippen LogP contribution in [0.4, 0.5) is 9.52 Å². The molecule has 1 fully saturated rings. The van der Waals surface area contributed by atoms with E-state index in [9.17, 15) is 18.8 Å². The second kappa shape index (κ2) is 9.94. The summed E-state index contributed by atoms with van der Waals surface area (Å²) in [5, 5.41) is 9.59. The number of likely N-dealkylation sites (tertiary alicyclic amines) is 1. The number of anilines is 1. The van der Waals surface area contributed by atoms with Crippen LogP contribution in [-0.4, -0.2) is 66.0 Å². The van der Waals surface area contributed by atoms with Crippen LogP contribution < -0.4 is 5.32 Å². The van der Waals surface area contributed by atoms with Crippen molar-refractivity contribution in [3.05, 3.63) is 52.6 Å². The van der Waals surface area contributed by atoms with Gasteiger partial charge in [-0.2, -0.15) is 5.10 Å². The lowest BCUT2D eigenvalue weighted by Crippen LogP contribution is -2.44. The SMILES string of the molecule is CC(=O)c1nn(CC(=O)N2C[C@H](F)C[C@H]2C(=O)Nc2nc(Cl)cs2)c2ccc(-c3cnc(C)nc3)cc12. The standard InChI is InChI=1S/C24H21ClFN7O3S/c1-12(34)22-17-5-14(15-7-27-13(2)28-8-15)3-4-18(17)33(31-22)10-21(35)32-9-16(26)6-19(32)23(36)30-24-29-20(25)11-37-24/h3-5,7-8,11,16,19H,6,9-10H2,1-2H3,(H,29,30,36)/t16-,19+/m1/s1. The fraction of sp³-hybridized carbons (Fsp3) is 0.292. The molecule has 0 radical (unpaired) electrons. The number of hydrogen-bond donors (Lipinski definition) is 1. The molecule has 2 amide bonds. The van der Waals surface area contributed by atoms with Gasteiger partial charge < -0.3 is 10.2 Å². The van der Waals surface area contributed by atoms with E-state index in [2.05, 4.69) is 25.4 Å². The van der Waals surface area contributed by atoms with Crippen LogP contribution in [-0.2, 0) is 16.1 Å². The maximum atomic E-state index is 14.3. The quantitative estimate of drug-likeness (QED) is 0.369. The molecule has 1 aliphatic heterocycles. The predicted molar refractivity (Wildman–Crippen MR) is 136 cm³/mol.